The predicted octanol–water partition coefficient (Wildman–Crippen LogP) is 6.08. The van der Waals surface area contributed by atoms with Gasteiger partial charge in [-0.05, 0) is 52.4 Å². The van der Waals surface area contributed by atoms with E-state index < -0.39 is 67.6 Å². The molecule has 7 rings (SSSR count). The first-order valence-electron chi connectivity index (χ1n) is 20.4. The third-order valence-electron chi connectivity index (χ3n) is 10.8. The summed E-state index contributed by atoms with van der Waals surface area (Å²) in [5, 5.41) is 36.4. The van der Waals surface area contributed by atoms with Gasteiger partial charge in [0.15, 0.2) is 12.3 Å². The largest absolute Gasteiger partial charge is 0.497 e. The fourth-order valence-corrected chi connectivity index (χ4v) is 8.55. The highest BCUT2D eigenvalue weighted by Crippen LogP contribution is 2.42. The van der Waals surface area contributed by atoms with Crippen LogP contribution in [-0.4, -0.2) is 83.4 Å². The van der Waals surface area contributed by atoms with Crippen LogP contribution >= 0.6 is 0 Å². The number of methoxy groups -OCH3 is 1. The molecule has 0 unspecified atom stereocenters. The number of rotatable bonds is 19. The standard InChI is InChI=1S/C46H43N5O14S/c1-61-38-22-16-35(17-23-38)46(33-8-4-2-5-9-33,34-10-6-3-7-11-34)63-30-39-41(52)42(65-66(59,60)29-26-32-14-20-37(21-15-32)51(57)58)43(64-39)49-27-24-40(47-44(49)53)48-45(54)62-28-25-31-12-18-36(19-13-31)50(55)56/h2-24,27,39,41-43,52H,25-26,28-30H2,1H3,(H,47,48,53,54)/t39-,41-,42-,43-/m1/s1. The highest BCUT2D eigenvalue weighted by atomic mass is 32.2. The number of nitro groups is 2. The Balaban J connectivity index is 1.14. The molecular weight excluding hydrogens is 879 g/mol. The minimum absolute atomic E-state index is 0.0864. The molecule has 0 spiro atoms. The summed E-state index contributed by atoms with van der Waals surface area (Å²) < 4.78 is 57.7. The molecule has 1 saturated heterocycles. The number of hydrogen-bond acceptors (Lipinski definition) is 15. The molecule has 20 heteroatoms. The molecule has 1 aliphatic rings. The zero-order chi connectivity index (χ0) is 46.8. The van der Waals surface area contributed by atoms with Gasteiger partial charge in [0.25, 0.3) is 21.5 Å². The van der Waals surface area contributed by atoms with Crippen molar-refractivity contribution in [3.8, 4) is 5.75 Å². The second-order valence-electron chi connectivity index (χ2n) is 14.9. The van der Waals surface area contributed by atoms with E-state index in [1.165, 1.54) is 60.8 Å². The summed E-state index contributed by atoms with van der Waals surface area (Å²) in [6.07, 6.45) is -6.01. The first-order valence-corrected chi connectivity index (χ1v) is 22.0. The molecule has 1 aromatic heterocycles. The van der Waals surface area contributed by atoms with E-state index in [-0.39, 0.29) is 43.2 Å². The molecular formula is C46H43N5O14S. The van der Waals surface area contributed by atoms with Crippen molar-refractivity contribution in [2.24, 2.45) is 0 Å². The Labute approximate surface area is 377 Å². The van der Waals surface area contributed by atoms with Crippen LogP contribution in [0.1, 0.15) is 34.0 Å². The summed E-state index contributed by atoms with van der Waals surface area (Å²) in [7, 11) is -2.96. The molecule has 19 nitrogen and oxygen atoms in total. The zero-order valence-electron chi connectivity index (χ0n) is 35.2. The lowest BCUT2D eigenvalue weighted by Gasteiger charge is -2.37. The number of hydrogen-bond donors (Lipinski definition) is 2. The Bertz CT molecular complexity index is 2760. The maximum Gasteiger partial charge on any atom is 0.412 e. The van der Waals surface area contributed by atoms with Crippen molar-refractivity contribution >= 4 is 33.4 Å². The first kappa shape index (κ1) is 46.6. The molecule has 0 saturated carbocycles. The molecule has 1 fully saturated rings. The SMILES string of the molecule is COc1ccc(C(OC[C@H]2O[C@@H](n3ccc(NC(=O)OCCc4ccc([N+](=O)[O-])cc4)nc3=O)[C@H](OS(=O)(=O)CCc3ccc([N+](=O)[O-])cc3)[C@@H]2O)(c2ccccc2)c2ccccc2)cc1. The third-order valence-corrected chi connectivity index (χ3v) is 12.0. The molecule has 6 aromatic rings. The summed E-state index contributed by atoms with van der Waals surface area (Å²) in [5.74, 6) is -0.233. The lowest BCUT2D eigenvalue weighted by atomic mass is 9.80. The van der Waals surface area contributed by atoms with Gasteiger partial charge >= 0.3 is 11.8 Å². The Morgan fingerprint density at radius 3 is 1.88 bits per heavy atom. The molecule has 342 valence electrons. The number of nitro benzene ring substituents is 2. The van der Waals surface area contributed by atoms with Crippen LogP contribution in [0, 0.1) is 20.2 Å². The van der Waals surface area contributed by atoms with Crippen molar-refractivity contribution in [2.75, 3.05) is 31.4 Å². The minimum Gasteiger partial charge on any atom is -0.497 e. The van der Waals surface area contributed by atoms with Gasteiger partial charge in [0.2, 0.25) is 0 Å². The topological polar surface area (TPSA) is 251 Å². The first-order chi connectivity index (χ1) is 31.8. The van der Waals surface area contributed by atoms with Gasteiger partial charge in [-0.15, -0.1) is 0 Å². The van der Waals surface area contributed by atoms with Crippen molar-refractivity contribution in [1.82, 2.24) is 9.55 Å². The molecule has 0 radical (unpaired) electrons. The number of nitrogens with zero attached hydrogens (tertiary/aromatic N) is 4. The summed E-state index contributed by atoms with van der Waals surface area (Å²) in [5.41, 5.74) is 0.628. The van der Waals surface area contributed by atoms with Gasteiger partial charge in [-0.3, -0.25) is 34.3 Å². The zero-order valence-corrected chi connectivity index (χ0v) is 36.0. The molecule has 2 heterocycles. The number of aliphatic hydroxyl groups excluding tert-OH is 1. The number of ether oxygens (including phenoxy) is 4. The van der Waals surface area contributed by atoms with Crippen LogP contribution in [-0.2, 0) is 47.0 Å². The van der Waals surface area contributed by atoms with Crippen LogP contribution in [0.4, 0.5) is 22.0 Å². The van der Waals surface area contributed by atoms with E-state index >= 15 is 0 Å². The molecule has 1 aliphatic heterocycles. The van der Waals surface area contributed by atoms with Crippen LogP contribution in [0.2, 0.25) is 0 Å². The minimum atomic E-state index is -4.50. The van der Waals surface area contributed by atoms with Crippen LogP contribution in [0.3, 0.4) is 0 Å². The highest BCUT2D eigenvalue weighted by Gasteiger charge is 2.50. The second kappa shape index (κ2) is 20.6. The van der Waals surface area contributed by atoms with Gasteiger partial charge < -0.3 is 24.1 Å². The average Bonchev–Trinajstić information content (AvgIpc) is 3.62. The van der Waals surface area contributed by atoms with Crippen molar-refractivity contribution in [2.45, 2.75) is 43.0 Å². The van der Waals surface area contributed by atoms with Gasteiger partial charge in [0, 0.05) is 36.9 Å². The molecule has 5 aromatic carbocycles. The van der Waals surface area contributed by atoms with Crippen LogP contribution in [0.25, 0.3) is 0 Å². The number of aliphatic hydroxyl groups is 1. The maximum atomic E-state index is 13.7. The second-order valence-corrected chi connectivity index (χ2v) is 16.7. The number of aryl methyl sites for hydroxylation is 1. The van der Waals surface area contributed by atoms with Crippen molar-refractivity contribution in [1.29, 1.82) is 0 Å². The van der Waals surface area contributed by atoms with Gasteiger partial charge in [-0.25, -0.2) is 9.59 Å². The van der Waals surface area contributed by atoms with E-state index in [0.717, 1.165) is 4.57 Å². The van der Waals surface area contributed by atoms with E-state index in [1.54, 1.807) is 19.2 Å². The van der Waals surface area contributed by atoms with Crippen molar-refractivity contribution in [3.63, 3.8) is 0 Å². The van der Waals surface area contributed by atoms with Crippen LogP contribution in [0.5, 0.6) is 5.75 Å². The van der Waals surface area contributed by atoms with E-state index in [9.17, 15) is 43.3 Å². The van der Waals surface area contributed by atoms with Gasteiger partial charge in [0.1, 0.15) is 29.4 Å². The Kier molecular flexibility index (Phi) is 14.6. The number of amides is 1. The molecule has 0 aliphatic carbocycles. The number of anilines is 1. The molecule has 66 heavy (non-hydrogen) atoms. The van der Waals surface area contributed by atoms with Gasteiger partial charge in [-0.2, -0.15) is 13.4 Å². The summed E-state index contributed by atoms with van der Waals surface area (Å²) in [6, 6.07) is 38.1. The summed E-state index contributed by atoms with van der Waals surface area (Å²) >= 11 is 0. The van der Waals surface area contributed by atoms with E-state index in [0.29, 0.717) is 33.6 Å². The van der Waals surface area contributed by atoms with Gasteiger partial charge in [0.05, 0.1) is 35.9 Å². The fraction of sp³-hybridized carbons (Fsp3) is 0.239. The predicted molar refractivity (Wildman–Crippen MR) is 237 cm³/mol. The normalized spacial score (nSPS) is 17.2. The summed E-state index contributed by atoms with van der Waals surface area (Å²) in [4.78, 5) is 51.2. The fourth-order valence-electron chi connectivity index (χ4n) is 7.42. The number of carbonyl (C=O) groups excluding carboxylic acids is 1. The van der Waals surface area contributed by atoms with E-state index in [1.807, 2.05) is 72.8 Å². The monoisotopic (exact) mass is 921 g/mol. The molecule has 2 N–H and O–H groups in total. The highest BCUT2D eigenvalue weighted by molar-refractivity contribution is 7.86. The smallest absolute Gasteiger partial charge is 0.412 e. The lowest BCUT2D eigenvalue weighted by Crippen LogP contribution is -2.41. The van der Waals surface area contributed by atoms with E-state index in [4.69, 9.17) is 23.1 Å². The third kappa shape index (κ3) is 10.9. The van der Waals surface area contributed by atoms with Crippen molar-refractivity contribution < 1.29 is 51.3 Å². The number of benzene rings is 5. The average molecular weight is 922 g/mol. The van der Waals surface area contributed by atoms with E-state index in [2.05, 4.69) is 10.3 Å². The molecule has 4 atom stereocenters. The quantitative estimate of drug-likeness (QED) is 0.0404. The summed E-state index contributed by atoms with van der Waals surface area (Å²) in [6.45, 7) is -0.478. The van der Waals surface area contributed by atoms with Crippen LogP contribution in [0.15, 0.2) is 151 Å². The number of aromatic nitrogens is 2. The number of nitrogens with one attached hydrogen (secondary N) is 1. The lowest BCUT2D eigenvalue weighted by molar-refractivity contribution is -0.385. The molecule has 0 bridgehead atoms. The maximum absolute atomic E-state index is 13.7. The Morgan fingerprint density at radius 2 is 1.35 bits per heavy atom. The van der Waals surface area contributed by atoms with Crippen LogP contribution < -0.4 is 15.7 Å². The van der Waals surface area contributed by atoms with Gasteiger partial charge in [-0.1, -0.05) is 97.1 Å². The molecule has 1 amide bonds. The number of carbonyl (C=O) groups is 1. The Hall–Kier alpha value is -7.36. The Morgan fingerprint density at radius 1 is 0.803 bits per heavy atom. The number of non-ortho nitro benzene ring substituents is 2. The van der Waals surface area contributed by atoms with Crippen molar-refractivity contribution in [3.05, 3.63) is 204 Å².